The Labute approximate surface area is 61.3 Å². The molecule has 0 bridgehead atoms. The van der Waals surface area contributed by atoms with E-state index in [1.807, 2.05) is 0 Å². The van der Waals surface area contributed by atoms with Gasteiger partial charge in [-0.25, -0.2) is 0 Å². The number of ketones is 1. The standard InChI is InChI=1S/C5H8O2.Rh/c1-4(6)3-5(2)7;/h3,6H,1-2H3;/b4-3-;. The van der Waals surface area contributed by atoms with Crippen LogP contribution in [0.1, 0.15) is 13.8 Å². The molecule has 0 aromatic carbocycles. The first-order valence-electron chi connectivity index (χ1n) is 2.01. The Hall–Kier alpha value is -0.167. The Morgan fingerprint density at radius 1 is 1.50 bits per heavy atom. The molecule has 3 heteroatoms. The van der Waals surface area contributed by atoms with Gasteiger partial charge in [0.2, 0.25) is 0 Å². The average molecular weight is 203 g/mol. The summed E-state index contributed by atoms with van der Waals surface area (Å²) in [5.41, 5.74) is 0. The second kappa shape index (κ2) is 4.98. The molecule has 0 aliphatic rings. The van der Waals surface area contributed by atoms with Gasteiger partial charge in [-0.3, -0.25) is 4.79 Å². The summed E-state index contributed by atoms with van der Waals surface area (Å²) in [6.45, 7) is 2.85. The minimum absolute atomic E-state index is 0. The van der Waals surface area contributed by atoms with Crippen LogP contribution in [-0.4, -0.2) is 10.9 Å². The summed E-state index contributed by atoms with van der Waals surface area (Å²) in [5, 5.41) is 8.36. The molecular formula is C5H8O2Rh. The van der Waals surface area contributed by atoms with E-state index in [4.69, 9.17) is 5.11 Å². The van der Waals surface area contributed by atoms with E-state index in [1.165, 1.54) is 19.9 Å². The number of carbonyl (C=O) groups excluding carboxylic acids is 1. The summed E-state index contributed by atoms with van der Waals surface area (Å²) in [4.78, 5) is 10.0. The number of rotatable bonds is 1. The zero-order valence-corrected chi connectivity index (χ0v) is 6.40. The third-order valence-corrected chi connectivity index (χ3v) is 0.412. The van der Waals surface area contributed by atoms with Gasteiger partial charge in [-0.1, -0.05) is 0 Å². The van der Waals surface area contributed by atoms with Gasteiger partial charge in [-0.05, 0) is 13.8 Å². The van der Waals surface area contributed by atoms with Crippen molar-refractivity contribution in [1.82, 2.24) is 0 Å². The van der Waals surface area contributed by atoms with Gasteiger partial charge in [0.25, 0.3) is 0 Å². The molecule has 49 valence electrons. The molecule has 0 saturated heterocycles. The molecule has 0 rings (SSSR count). The van der Waals surface area contributed by atoms with Gasteiger partial charge < -0.3 is 5.11 Å². The Kier molecular flexibility index (Phi) is 6.69. The summed E-state index contributed by atoms with van der Waals surface area (Å²) < 4.78 is 0. The van der Waals surface area contributed by atoms with Crippen molar-refractivity contribution in [2.75, 3.05) is 0 Å². The van der Waals surface area contributed by atoms with Crippen LogP contribution in [0.2, 0.25) is 0 Å². The topological polar surface area (TPSA) is 37.3 Å². The van der Waals surface area contributed by atoms with E-state index in [1.54, 1.807) is 0 Å². The number of hydrogen-bond acceptors (Lipinski definition) is 2. The van der Waals surface area contributed by atoms with Crippen LogP contribution in [0.5, 0.6) is 0 Å². The maximum Gasteiger partial charge on any atom is 0.155 e. The fourth-order valence-corrected chi connectivity index (χ4v) is 0.294. The number of aliphatic hydroxyl groups excluding tert-OH is 1. The van der Waals surface area contributed by atoms with Gasteiger partial charge in [0.05, 0.1) is 5.76 Å². The van der Waals surface area contributed by atoms with Crippen molar-refractivity contribution in [2.24, 2.45) is 0 Å². The van der Waals surface area contributed by atoms with E-state index in [0.29, 0.717) is 0 Å². The van der Waals surface area contributed by atoms with Crippen LogP contribution in [0, 0.1) is 0 Å². The van der Waals surface area contributed by atoms with Gasteiger partial charge in [0, 0.05) is 25.6 Å². The van der Waals surface area contributed by atoms with Crippen LogP contribution in [0.3, 0.4) is 0 Å². The first-order chi connectivity index (χ1) is 3.13. The Bertz CT molecular complexity index is 103. The molecule has 0 spiro atoms. The van der Waals surface area contributed by atoms with E-state index >= 15 is 0 Å². The molecule has 2 nitrogen and oxygen atoms in total. The second-order valence-electron chi connectivity index (χ2n) is 1.40. The van der Waals surface area contributed by atoms with Crippen LogP contribution >= 0.6 is 0 Å². The predicted octanol–water partition coefficient (Wildman–Crippen LogP) is 1.03. The molecule has 8 heavy (non-hydrogen) atoms. The average Bonchev–Trinajstić information content (AvgIpc) is 1.27. The van der Waals surface area contributed by atoms with Gasteiger partial charge >= 0.3 is 0 Å². The molecule has 0 heterocycles. The van der Waals surface area contributed by atoms with Crippen LogP contribution in [0.15, 0.2) is 11.8 Å². The van der Waals surface area contributed by atoms with Gasteiger partial charge in [0.15, 0.2) is 5.78 Å². The number of allylic oxidation sites excluding steroid dienone is 2. The van der Waals surface area contributed by atoms with E-state index in [9.17, 15) is 4.79 Å². The molecule has 0 aliphatic heterocycles. The van der Waals surface area contributed by atoms with Gasteiger partial charge in [-0.15, -0.1) is 0 Å². The SMILES string of the molecule is CC(=O)/C=C(/C)O.[Rh]. The van der Waals surface area contributed by atoms with Crippen LogP contribution < -0.4 is 0 Å². The molecule has 0 fully saturated rings. The summed E-state index contributed by atoms with van der Waals surface area (Å²) in [6, 6.07) is 0. The van der Waals surface area contributed by atoms with Crippen molar-refractivity contribution in [3.63, 3.8) is 0 Å². The van der Waals surface area contributed by atoms with Crippen LogP contribution in [0.4, 0.5) is 0 Å². The van der Waals surface area contributed by atoms with Gasteiger partial charge in [0.1, 0.15) is 0 Å². The molecule has 0 aliphatic carbocycles. The summed E-state index contributed by atoms with van der Waals surface area (Å²) >= 11 is 0. The fourth-order valence-electron chi connectivity index (χ4n) is 0.294. The molecule has 0 atom stereocenters. The molecular weight excluding hydrogens is 195 g/mol. The summed E-state index contributed by atoms with van der Waals surface area (Å²) in [7, 11) is 0. The quantitative estimate of drug-likeness (QED) is 0.392. The van der Waals surface area contributed by atoms with Crippen LogP contribution in [-0.2, 0) is 24.3 Å². The first-order valence-corrected chi connectivity index (χ1v) is 2.01. The minimum atomic E-state index is -0.125. The van der Waals surface area contributed by atoms with E-state index in [-0.39, 0.29) is 31.0 Å². The number of hydrogen-bond donors (Lipinski definition) is 1. The van der Waals surface area contributed by atoms with Gasteiger partial charge in [-0.2, -0.15) is 0 Å². The maximum atomic E-state index is 10.0. The molecule has 0 saturated carbocycles. The summed E-state index contributed by atoms with van der Waals surface area (Å²) in [6.07, 6.45) is 1.17. The van der Waals surface area contributed by atoms with Crippen molar-refractivity contribution in [1.29, 1.82) is 0 Å². The number of carbonyl (C=O) groups is 1. The van der Waals surface area contributed by atoms with E-state index in [2.05, 4.69) is 0 Å². The largest absolute Gasteiger partial charge is 0.512 e. The fraction of sp³-hybridized carbons (Fsp3) is 0.400. The Morgan fingerprint density at radius 2 is 1.88 bits per heavy atom. The Morgan fingerprint density at radius 3 is 1.88 bits per heavy atom. The Balaban J connectivity index is 0. The van der Waals surface area contributed by atoms with Crippen LogP contribution in [0.25, 0.3) is 0 Å². The minimum Gasteiger partial charge on any atom is -0.512 e. The molecule has 0 amide bonds. The van der Waals surface area contributed by atoms with Crippen molar-refractivity contribution >= 4 is 5.78 Å². The predicted molar refractivity (Wildman–Crippen MR) is 27.1 cm³/mol. The third kappa shape index (κ3) is 9.27. The molecule has 0 unspecified atom stereocenters. The molecule has 1 radical (unpaired) electrons. The zero-order chi connectivity index (χ0) is 5.86. The van der Waals surface area contributed by atoms with Crippen molar-refractivity contribution in [3.05, 3.63) is 11.8 Å². The zero-order valence-electron chi connectivity index (χ0n) is 4.77. The normalized spacial score (nSPS) is 10.0. The number of aliphatic hydroxyl groups is 1. The van der Waals surface area contributed by atoms with E-state index in [0.717, 1.165) is 0 Å². The monoisotopic (exact) mass is 203 g/mol. The molecule has 1 N–H and O–H groups in total. The molecule has 0 aromatic heterocycles. The first kappa shape index (κ1) is 10.7. The molecule has 0 aromatic rings. The van der Waals surface area contributed by atoms with Crippen molar-refractivity contribution in [2.45, 2.75) is 13.8 Å². The second-order valence-corrected chi connectivity index (χ2v) is 1.40. The van der Waals surface area contributed by atoms with E-state index < -0.39 is 0 Å². The van der Waals surface area contributed by atoms with Crippen molar-refractivity contribution in [3.8, 4) is 0 Å². The summed E-state index contributed by atoms with van der Waals surface area (Å²) in [5.74, 6) is -0.0625. The van der Waals surface area contributed by atoms with Crippen molar-refractivity contribution < 1.29 is 29.4 Å². The smallest absolute Gasteiger partial charge is 0.155 e. The maximum absolute atomic E-state index is 10.0. The third-order valence-electron chi connectivity index (χ3n) is 0.412.